The second-order valence-electron chi connectivity index (χ2n) is 29.8. The quantitative estimate of drug-likeness (QED) is 0.0443. The van der Waals surface area contributed by atoms with Crippen LogP contribution in [0.15, 0.2) is 140 Å². The Morgan fingerprint density at radius 2 is 0.390 bits per heavy atom. The van der Waals surface area contributed by atoms with Crippen LogP contribution in [0.3, 0.4) is 0 Å². The molecule has 0 aliphatic heterocycles. The summed E-state index contributed by atoms with van der Waals surface area (Å²) in [4.78, 5) is 19.6. The molecule has 0 saturated carbocycles. The normalized spacial score (nSPS) is 12.8. The third-order valence-electron chi connectivity index (χ3n) is 8.41. The molecule has 0 amide bonds. The molecule has 0 unspecified atom stereocenters. The summed E-state index contributed by atoms with van der Waals surface area (Å²) in [5.41, 5.74) is 9.59. The molecule has 4 aromatic carbocycles. The second-order valence-corrected chi connectivity index (χ2v) is 75.8. The van der Waals surface area contributed by atoms with Gasteiger partial charge in [-0.25, -0.2) is 0 Å². The largest absolute Gasteiger partial charge is 3.00 e. The third-order valence-corrected chi connectivity index (χ3v) is 17.0. The standard InChI is InChI=1S/4C13H23N2Si2.2C5H9Si.2Y/c4*1-16(2,3)14-13(15-17(4,5)6)12-10-8-7-9-11-12;2*1-5-6(2,3)4;;/h4*7-11H,1-6H3;2*2-4H3;;/q6*-1;2*+3. The Hall–Kier alpha value is -1.74. The van der Waals surface area contributed by atoms with Crippen molar-refractivity contribution in [3.63, 3.8) is 0 Å². The maximum Gasteiger partial charge on any atom is 3.00 e. The zero-order valence-corrected chi connectivity index (χ0v) is 73.0. The van der Waals surface area contributed by atoms with Gasteiger partial charge in [-0.1, -0.05) is 341 Å². The van der Waals surface area contributed by atoms with Gasteiger partial charge in [0, 0.05) is 65.9 Å². The molecule has 0 spiro atoms. The molecular weight excluding hydrogens is 1320 g/mol. The van der Waals surface area contributed by atoms with Gasteiger partial charge >= 0.3 is 65.4 Å². The van der Waals surface area contributed by atoms with Crippen LogP contribution in [0.2, 0.25) is 196 Å². The van der Waals surface area contributed by atoms with Gasteiger partial charge in [0.05, 0.1) is 16.1 Å². The first-order valence-electron chi connectivity index (χ1n) is 28.2. The summed E-state index contributed by atoms with van der Waals surface area (Å²) in [6.45, 7) is 66.4. The summed E-state index contributed by atoms with van der Waals surface area (Å²) in [6.07, 6.45) is 13.3. The number of rotatable bonds is 12. The van der Waals surface area contributed by atoms with Gasteiger partial charge in [0.2, 0.25) is 0 Å². The molecule has 82 heavy (non-hydrogen) atoms. The molecule has 0 aromatic heterocycles. The number of hydrogen-bond donors (Lipinski definition) is 0. The first-order chi connectivity index (χ1) is 35.8. The molecule has 0 aliphatic carbocycles. The number of hydrogen-bond acceptors (Lipinski definition) is 4. The van der Waals surface area contributed by atoms with E-state index in [9.17, 15) is 0 Å². The Morgan fingerprint density at radius 1 is 0.268 bits per heavy atom. The van der Waals surface area contributed by atoms with Crippen LogP contribution in [0.5, 0.6) is 0 Å². The molecular formula is C62H110N8Si10Y2. The van der Waals surface area contributed by atoms with E-state index in [4.69, 9.17) is 51.4 Å². The van der Waals surface area contributed by atoms with E-state index in [0.717, 1.165) is 45.6 Å². The Kier molecular flexibility index (Phi) is 40.7. The van der Waals surface area contributed by atoms with Crippen molar-refractivity contribution in [2.75, 3.05) is 0 Å². The van der Waals surface area contributed by atoms with Gasteiger partial charge in [-0.15, -0.1) is 0 Å². The Labute approximate surface area is 566 Å². The van der Waals surface area contributed by atoms with E-state index in [-0.39, 0.29) is 65.4 Å². The van der Waals surface area contributed by atoms with Crippen molar-refractivity contribution < 1.29 is 65.4 Å². The fraction of sp³-hybridized carbons (Fsp3) is 0.484. The Morgan fingerprint density at radius 3 is 0.476 bits per heavy atom. The van der Waals surface area contributed by atoms with Crippen LogP contribution in [0.1, 0.15) is 22.3 Å². The van der Waals surface area contributed by atoms with Gasteiger partial charge in [-0.05, 0) is 22.3 Å². The van der Waals surface area contributed by atoms with Crippen LogP contribution in [0.4, 0.5) is 0 Å². The zero-order valence-electron chi connectivity index (χ0n) is 57.3. The van der Waals surface area contributed by atoms with Crippen molar-refractivity contribution in [2.45, 2.75) is 196 Å². The molecule has 0 radical (unpaired) electrons. The molecule has 0 aliphatic rings. The number of nitrogens with zero attached hydrogens (tertiary/aromatic N) is 8. The van der Waals surface area contributed by atoms with E-state index in [1.165, 1.54) is 0 Å². The van der Waals surface area contributed by atoms with Crippen LogP contribution in [-0.4, -0.2) is 105 Å². The molecule has 0 N–H and O–H groups in total. The molecule has 20 heteroatoms. The maximum absolute atomic E-state index is 6.67. The summed E-state index contributed by atoms with van der Waals surface area (Å²) in [5, 5.41) is 0. The second kappa shape index (κ2) is 38.5. The monoisotopic (exact) mass is 1420 g/mol. The van der Waals surface area contributed by atoms with Crippen molar-refractivity contribution in [2.24, 2.45) is 18.6 Å². The van der Waals surface area contributed by atoms with E-state index in [0.29, 0.717) is 0 Å². The molecule has 4 rings (SSSR count). The van der Waals surface area contributed by atoms with Crippen LogP contribution in [0, 0.1) is 23.9 Å². The summed E-state index contributed by atoms with van der Waals surface area (Å²) >= 11 is 0. The summed E-state index contributed by atoms with van der Waals surface area (Å²) in [7, 11) is -14.3. The van der Waals surface area contributed by atoms with Gasteiger partial charge in [0.1, 0.15) is 0 Å². The molecule has 8 nitrogen and oxygen atoms in total. The molecule has 444 valence electrons. The molecule has 0 fully saturated rings. The first-order valence-corrected chi connectivity index (χ1v) is 62.8. The Bertz CT molecular complexity index is 2250. The van der Waals surface area contributed by atoms with Crippen LogP contribution >= 0.6 is 0 Å². The van der Waals surface area contributed by atoms with Crippen LogP contribution in [0.25, 0.3) is 19.9 Å². The van der Waals surface area contributed by atoms with Gasteiger partial charge in [0.15, 0.2) is 0 Å². The predicted octanol–water partition coefficient (Wildman–Crippen LogP) is 20.8. The third kappa shape index (κ3) is 54.9. The SMILES string of the molecule is C[Si](C)(C)/N=C(/[N-][Si](C)(C)C)c1ccccc1.C[Si](C)(C)/N=C(/[N-][Si](C)(C)C)c1ccccc1.C[Si](C)(C)/N=C(/[N-][Si](C)(C)C)c1ccccc1.C[Si](C)(C)/N=C(/[N-][Si](C)(C)C)c1ccccc1.[C-]#C[Si](C)(C)C.[C-]#C[Si](C)(C)C.[Y+3].[Y+3]. The van der Waals surface area contributed by atoms with Crippen molar-refractivity contribution >= 4 is 105 Å². The topological polar surface area (TPSA) is 106 Å². The minimum Gasteiger partial charge on any atom is -0.701 e. The van der Waals surface area contributed by atoms with Crippen molar-refractivity contribution in [1.29, 1.82) is 0 Å². The summed E-state index contributed by atoms with van der Waals surface area (Å²) in [6, 6.07) is 41.3. The molecule has 0 atom stereocenters. The summed E-state index contributed by atoms with van der Waals surface area (Å²) in [5.74, 6) is 3.85. The minimum absolute atomic E-state index is 0. The average Bonchev–Trinajstić information content (AvgIpc) is 3.26. The van der Waals surface area contributed by atoms with Crippen molar-refractivity contribution in [1.82, 2.24) is 0 Å². The first kappa shape index (κ1) is 86.7. The van der Waals surface area contributed by atoms with E-state index in [2.05, 4.69) is 305 Å². The van der Waals surface area contributed by atoms with E-state index in [1.807, 2.05) is 24.3 Å². The van der Waals surface area contributed by atoms with Gasteiger partial charge < -0.3 is 62.5 Å². The number of amidine groups is 4. The summed E-state index contributed by atoms with van der Waals surface area (Å²) < 4.78 is 19.6. The smallest absolute Gasteiger partial charge is 0.701 e. The molecule has 0 bridgehead atoms. The predicted molar refractivity (Wildman–Crippen MR) is 393 cm³/mol. The van der Waals surface area contributed by atoms with Crippen molar-refractivity contribution in [3.05, 3.63) is 176 Å². The average molecular weight is 1430 g/mol. The van der Waals surface area contributed by atoms with E-state index < -0.39 is 82.0 Å². The Balaban J connectivity index is -0.000000459. The van der Waals surface area contributed by atoms with Crippen LogP contribution < -0.4 is 0 Å². The van der Waals surface area contributed by atoms with Crippen molar-refractivity contribution in [3.8, 4) is 11.1 Å². The van der Waals surface area contributed by atoms with Gasteiger partial charge in [-0.2, -0.15) is 0 Å². The van der Waals surface area contributed by atoms with Crippen LogP contribution in [-0.2, 0) is 65.4 Å². The zero-order chi connectivity index (χ0) is 62.8. The van der Waals surface area contributed by atoms with E-state index in [1.54, 1.807) is 0 Å². The molecule has 0 saturated heterocycles. The van der Waals surface area contributed by atoms with E-state index >= 15 is 0 Å². The molecule has 4 aromatic rings. The number of benzene rings is 4. The minimum atomic E-state index is -1.49. The fourth-order valence-corrected chi connectivity index (χ4v) is 12.4. The van der Waals surface area contributed by atoms with Gasteiger partial charge in [-0.3, -0.25) is 0 Å². The fourth-order valence-electron chi connectivity index (χ4n) is 5.51. The van der Waals surface area contributed by atoms with Gasteiger partial charge in [0.25, 0.3) is 0 Å². The molecule has 0 heterocycles. The maximum atomic E-state index is 6.67.